The molecule has 35 heavy (non-hydrogen) atoms. The Morgan fingerprint density at radius 2 is 1.43 bits per heavy atom. The van der Waals surface area contributed by atoms with E-state index in [0.29, 0.717) is 29.3 Å². The van der Waals surface area contributed by atoms with Gasteiger partial charge in [-0.05, 0) is 90.7 Å². The van der Waals surface area contributed by atoms with E-state index in [4.69, 9.17) is 9.98 Å². The molecule has 188 valence electrons. The van der Waals surface area contributed by atoms with Crippen molar-refractivity contribution >= 4 is 12.4 Å². The van der Waals surface area contributed by atoms with Gasteiger partial charge in [0.05, 0.1) is 11.6 Å². The number of benzene rings is 2. The highest BCUT2D eigenvalue weighted by Gasteiger charge is 2.52. The summed E-state index contributed by atoms with van der Waals surface area (Å²) in [5.74, 6) is 2.15. The van der Waals surface area contributed by atoms with Crippen molar-refractivity contribution in [2.75, 3.05) is 0 Å². The van der Waals surface area contributed by atoms with E-state index in [1.54, 1.807) is 0 Å². The molecule has 2 aromatic rings. The second kappa shape index (κ2) is 10.2. The summed E-state index contributed by atoms with van der Waals surface area (Å²) in [6, 6.07) is 8.49. The second-order valence-corrected chi connectivity index (χ2v) is 11.3. The minimum atomic E-state index is -0.216. The molecule has 0 amide bonds. The van der Waals surface area contributed by atoms with Crippen molar-refractivity contribution in [3.05, 3.63) is 57.6 Å². The van der Waals surface area contributed by atoms with E-state index in [0.717, 1.165) is 54.4 Å². The lowest BCUT2D eigenvalue weighted by Gasteiger charge is -2.28. The molecule has 2 N–H and O–H groups in total. The average molecular weight is 475 g/mol. The molecule has 3 unspecified atom stereocenters. The molecule has 2 aromatic carbocycles. The molecular formula is C31H42N2O2. The van der Waals surface area contributed by atoms with E-state index in [-0.39, 0.29) is 11.6 Å². The summed E-state index contributed by atoms with van der Waals surface area (Å²) in [6.07, 6.45) is 9.69. The summed E-state index contributed by atoms with van der Waals surface area (Å²) in [6.45, 7) is 12.9. The third-order valence-electron chi connectivity index (χ3n) is 8.24. The van der Waals surface area contributed by atoms with Crippen LogP contribution in [0.1, 0.15) is 112 Å². The maximum atomic E-state index is 10.9. The van der Waals surface area contributed by atoms with Crippen molar-refractivity contribution in [3.8, 4) is 11.5 Å². The van der Waals surface area contributed by atoms with Gasteiger partial charge >= 0.3 is 0 Å². The largest absolute Gasteiger partial charge is 0.507 e. The summed E-state index contributed by atoms with van der Waals surface area (Å²) >= 11 is 0. The summed E-state index contributed by atoms with van der Waals surface area (Å²) < 4.78 is 0. The predicted octanol–water partition coefficient (Wildman–Crippen LogP) is 7.32. The van der Waals surface area contributed by atoms with Gasteiger partial charge in [0.25, 0.3) is 0 Å². The summed E-state index contributed by atoms with van der Waals surface area (Å²) in [4.78, 5) is 10.2. The SMILES string of the molecule is CCc1cc(C(C)C)cc(C=NC2CC3CCC2(N=Cc2cc(C(C)C)cc(CC)c2O)C3)c1O. The van der Waals surface area contributed by atoms with Crippen molar-refractivity contribution < 1.29 is 10.2 Å². The lowest BCUT2D eigenvalue weighted by atomic mass is 9.89. The molecule has 2 fully saturated rings. The van der Waals surface area contributed by atoms with Crippen LogP contribution in [-0.4, -0.2) is 34.2 Å². The number of phenolic OH excluding ortho intramolecular Hbond substituents is 2. The van der Waals surface area contributed by atoms with Crippen LogP contribution in [0, 0.1) is 5.92 Å². The zero-order chi connectivity index (χ0) is 25.3. The molecule has 2 aliphatic rings. The van der Waals surface area contributed by atoms with Crippen LogP contribution in [0.2, 0.25) is 0 Å². The van der Waals surface area contributed by atoms with Gasteiger partial charge in [0.15, 0.2) is 0 Å². The predicted molar refractivity (Wildman–Crippen MR) is 147 cm³/mol. The zero-order valence-corrected chi connectivity index (χ0v) is 22.3. The molecule has 2 bridgehead atoms. The maximum absolute atomic E-state index is 10.9. The van der Waals surface area contributed by atoms with Crippen LogP contribution < -0.4 is 0 Å². The normalized spacial score (nSPS) is 24.1. The smallest absolute Gasteiger partial charge is 0.127 e. The number of aliphatic imine (C=N–C) groups is 2. The van der Waals surface area contributed by atoms with Gasteiger partial charge in [0.1, 0.15) is 11.5 Å². The number of rotatable bonds is 8. The van der Waals surface area contributed by atoms with Crippen LogP contribution in [0.15, 0.2) is 34.3 Å². The van der Waals surface area contributed by atoms with Gasteiger partial charge in [-0.3, -0.25) is 9.98 Å². The van der Waals surface area contributed by atoms with E-state index in [2.05, 4.69) is 65.8 Å². The number of phenols is 2. The highest BCUT2D eigenvalue weighted by atomic mass is 16.3. The molecule has 4 rings (SSSR count). The van der Waals surface area contributed by atoms with Crippen molar-refractivity contribution in [1.29, 1.82) is 0 Å². The first kappa shape index (κ1) is 25.5. The zero-order valence-electron chi connectivity index (χ0n) is 22.3. The van der Waals surface area contributed by atoms with Gasteiger partial charge < -0.3 is 10.2 Å². The highest BCUT2D eigenvalue weighted by molar-refractivity contribution is 5.86. The summed E-state index contributed by atoms with van der Waals surface area (Å²) in [5, 5.41) is 21.7. The lowest BCUT2D eigenvalue weighted by molar-refractivity contribution is 0.367. The Labute approximate surface area is 211 Å². The van der Waals surface area contributed by atoms with Gasteiger partial charge in [-0.1, -0.05) is 53.7 Å². The van der Waals surface area contributed by atoms with Gasteiger partial charge in [-0.25, -0.2) is 0 Å². The molecule has 0 radical (unpaired) electrons. The number of aromatic hydroxyl groups is 2. The molecular weight excluding hydrogens is 432 g/mol. The van der Waals surface area contributed by atoms with Gasteiger partial charge in [0.2, 0.25) is 0 Å². The monoisotopic (exact) mass is 474 g/mol. The number of fused-ring (bicyclic) bond motifs is 2. The fourth-order valence-corrected chi connectivity index (χ4v) is 5.86. The van der Waals surface area contributed by atoms with Crippen LogP contribution in [-0.2, 0) is 12.8 Å². The molecule has 0 saturated heterocycles. The fraction of sp³-hybridized carbons (Fsp3) is 0.548. The van der Waals surface area contributed by atoms with Gasteiger partial charge in [-0.2, -0.15) is 0 Å². The number of nitrogens with zero attached hydrogens (tertiary/aromatic N) is 2. The van der Waals surface area contributed by atoms with Crippen molar-refractivity contribution in [2.45, 2.75) is 103 Å². The van der Waals surface area contributed by atoms with Crippen LogP contribution in [0.4, 0.5) is 0 Å². The van der Waals surface area contributed by atoms with E-state index in [9.17, 15) is 10.2 Å². The number of hydrogen-bond donors (Lipinski definition) is 2. The molecule has 0 aromatic heterocycles. The minimum absolute atomic E-state index is 0.103. The highest BCUT2D eigenvalue weighted by Crippen LogP contribution is 2.51. The molecule has 0 heterocycles. The Hall–Kier alpha value is -2.62. The first-order valence-corrected chi connectivity index (χ1v) is 13.5. The summed E-state index contributed by atoms with van der Waals surface area (Å²) in [7, 11) is 0. The number of hydrogen-bond acceptors (Lipinski definition) is 4. The van der Waals surface area contributed by atoms with Crippen molar-refractivity contribution in [3.63, 3.8) is 0 Å². The van der Waals surface area contributed by atoms with Crippen molar-refractivity contribution in [2.24, 2.45) is 15.9 Å². The fourth-order valence-electron chi connectivity index (χ4n) is 5.86. The third-order valence-corrected chi connectivity index (χ3v) is 8.24. The van der Waals surface area contributed by atoms with Crippen molar-refractivity contribution in [1.82, 2.24) is 0 Å². The van der Waals surface area contributed by atoms with E-state index in [1.165, 1.54) is 17.5 Å². The standard InChI is InChI=1S/C31H42N2O2/c1-7-22-12-24(19(3)4)14-26(29(22)34)17-32-28-11-21-9-10-31(28,16-21)33-18-27-15-25(20(5)6)13-23(8-2)30(27)35/h12-15,17-21,28,34-35H,7-11,16H2,1-6H3. The minimum Gasteiger partial charge on any atom is -0.507 e. The Bertz CT molecular complexity index is 1130. The second-order valence-electron chi connectivity index (χ2n) is 11.3. The van der Waals surface area contributed by atoms with Gasteiger partial charge in [0, 0.05) is 23.6 Å². The van der Waals surface area contributed by atoms with E-state index < -0.39 is 0 Å². The molecule has 0 spiro atoms. The molecule has 3 atom stereocenters. The summed E-state index contributed by atoms with van der Waals surface area (Å²) in [5.41, 5.74) is 5.83. The third kappa shape index (κ3) is 5.03. The molecule has 2 aliphatic carbocycles. The molecule has 4 heteroatoms. The van der Waals surface area contributed by atoms with E-state index >= 15 is 0 Å². The average Bonchev–Trinajstić information content (AvgIpc) is 3.41. The Morgan fingerprint density at radius 1 is 0.886 bits per heavy atom. The van der Waals surface area contributed by atoms with Gasteiger partial charge in [-0.15, -0.1) is 0 Å². The van der Waals surface area contributed by atoms with E-state index in [1.807, 2.05) is 12.4 Å². The quantitative estimate of drug-likeness (QED) is 0.394. The molecule has 4 nitrogen and oxygen atoms in total. The van der Waals surface area contributed by atoms with Crippen LogP contribution in [0.5, 0.6) is 11.5 Å². The first-order valence-electron chi connectivity index (χ1n) is 13.5. The Morgan fingerprint density at radius 3 is 1.91 bits per heavy atom. The first-order chi connectivity index (χ1) is 16.7. The van der Waals surface area contributed by atoms with Crippen LogP contribution in [0.25, 0.3) is 0 Å². The molecule has 0 aliphatic heterocycles. The lowest BCUT2D eigenvalue weighted by Crippen LogP contribution is -2.34. The maximum Gasteiger partial charge on any atom is 0.127 e. The van der Waals surface area contributed by atoms with Crippen LogP contribution >= 0.6 is 0 Å². The Kier molecular flexibility index (Phi) is 7.40. The molecule has 2 saturated carbocycles. The van der Waals surface area contributed by atoms with Crippen LogP contribution in [0.3, 0.4) is 0 Å². The number of aryl methyl sites for hydroxylation is 2. The topological polar surface area (TPSA) is 65.2 Å². The Balaban J connectivity index is 1.65.